The molecule has 1 N–H and O–H groups in total. The molecule has 0 spiro atoms. The third-order valence-corrected chi connectivity index (χ3v) is 3.80. The second-order valence-electron chi connectivity index (χ2n) is 5.07. The Morgan fingerprint density at radius 2 is 2.21 bits per heavy atom. The van der Waals surface area contributed by atoms with Crippen LogP contribution in [0.15, 0.2) is 35.1 Å². The molecule has 0 aliphatic carbocycles. The van der Waals surface area contributed by atoms with Crippen LogP contribution in [0.5, 0.6) is 5.75 Å². The molecule has 2 aromatic rings. The smallest absolute Gasteiger partial charge is 0.251 e. The van der Waals surface area contributed by atoms with Gasteiger partial charge in [-0.05, 0) is 49.0 Å². The predicted molar refractivity (Wildman–Crippen MR) is 75.7 cm³/mol. The number of methoxy groups -OCH3 is 1. The summed E-state index contributed by atoms with van der Waals surface area (Å²) in [4.78, 5) is 12.1. The molecule has 4 heteroatoms. The third-order valence-electron chi connectivity index (χ3n) is 3.80. The van der Waals surface area contributed by atoms with Crippen LogP contribution in [-0.4, -0.2) is 24.8 Å². The summed E-state index contributed by atoms with van der Waals surface area (Å²) in [6.45, 7) is 2.82. The van der Waals surface area contributed by atoms with Gasteiger partial charge < -0.3 is 14.6 Å². The third kappa shape index (κ3) is 2.36. The van der Waals surface area contributed by atoms with Gasteiger partial charge in [-0.2, -0.15) is 0 Å². The Labute approximate surface area is 112 Å². The summed E-state index contributed by atoms with van der Waals surface area (Å²) in [6, 6.07) is 9.39. The standard InChI is InChI=1S/C15H18N2O2/c1-19-13-4-2-12-3-5-15(18)17(14(12)8-13)10-11-6-7-16-9-11/h2-5,8,11,16H,6-7,9-10H2,1H3/t11-/m0/s1. The van der Waals surface area contributed by atoms with Crippen LogP contribution in [0.2, 0.25) is 0 Å². The first-order valence-electron chi connectivity index (χ1n) is 6.66. The number of hydrogen-bond donors (Lipinski definition) is 1. The van der Waals surface area contributed by atoms with Crippen LogP contribution in [0.4, 0.5) is 0 Å². The van der Waals surface area contributed by atoms with E-state index in [0.29, 0.717) is 5.92 Å². The lowest BCUT2D eigenvalue weighted by atomic mass is 10.1. The highest BCUT2D eigenvalue weighted by Gasteiger charge is 2.16. The molecule has 0 saturated carbocycles. The Kier molecular flexibility index (Phi) is 3.25. The molecule has 4 nitrogen and oxygen atoms in total. The average molecular weight is 258 g/mol. The van der Waals surface area contributed by atoms with Gasteiger partial charge in [0.05, 0.1) is 12.6 Å². The fraction of sp³-hybridized carbons (Fsp3) is 0.400. The second-order valence-corrected chi connectivity index (χ2v) is 5.07. The van der Waals surface area contributed by atoms with E-state index in [2.05, 4.69) is 5.32 Å². The Hall–Kier alpha value is -1.81. The normalized spacial score (nSPS) is 18.9. The first kappa shape index (κ1) is 12.2. The molecule has 0 amide bonds. The monoisotopic (exact) mass is 258 g/mol. The van der Waals surface area contributed by atoms with Crippen LogP contribution in [0.1, 0.15) is 6.42 Å². The number of nitrogens with zero attached hydrogens (tertiary/aromatic N) is 1. The molecular formula is C15H18N2O2. The van der Waals surface area contributed by atoms with Crippen LogP contribution in [0, 0.1) is 5.92 Å². The van der Waals surface area contributed by atoms with E-state index in [1.54, 1.807) is 13.2 Å². The fourth-order valence-corrected chi connectivity index (χ4v) is 2.71. The van der Waals surface area contributed by atoms with E-state index in [4.69, 9.17) is 4.74 Å². The highest BCUT2D eigenvalue weighted by atomic mass is 16.5. The summed E-state index contributed by atoms with van der Waals surface area (Å²) in [5.74, 6) is 1.32. The van der Waals surface area contributed by atoms with E-state index in [1.807, 2.05) is 28.8 Å². The van der Waals surface area contributed by atoms with Gasteiger partial charge in [-0.25, -0.2) is 0 Å². The van der Waals surface area contributed by atoms with Gasteiger partial charge in [0, 0.05) is 18.7 Å². The van der Waals surface area contributed by atoms with E-state index in [9.17, 15) is 4.79 Å². The van der Waals surface area contributed by atoms with Crippen molar-refractivity contribution in [2.24, 2.45) is 5.92 Å². The van der Waals surface area contributed by atoms with E-state index < -0.39 is 0 Å². The van der Waals surface area contributed by atoms with Gasteiger partial charge in [-0.1, -0.05) is 0 Å². The number of benzene rings is 1. The Morgan fingerprint density at radius 1 is 1.37 bits per heavy atom. The van der Waals surface area contributed by atoms with Crippen molar-refractivity contribution in [1.82, 2.24) is 9.88 Å². The van der Waals surface area contributed by atoms with E-state index in [1.165, 1.54) is 0 Å². The van der Waals surface area contributed by atoms with Crippen molar-refractivity contribution in [3.63, 3.8) is 0 Å². The van der Waals surface area contributed by atoms with Crippen molar-refractivity contribution in [3.8, 4) is 5.75 Å². The van der Waals surface area contributed by atoms with Gasteiger partial charge in [0.15, 0.2) is 0 Å². The number of aromatic nitrogens is 1. The molecule has 1 aliphatic heterocycles. The summed E-state index contributed by atoms with van der Waals surface area (Å²) in [7, 11) is 1.65. The number of ether oxygens (including phenoxy) is 1. The van der Waals surface area contributed by atoms with Gasteiger partial charge in [-0.3, -0.25) is 4.79 Å². The zero-order chi connectivity index (χ0) is 13.2. The van der Waals surface area contributed by atoms with Crippen molar-refractivity contribution in [2.75, 3.05) is 20.2 Å². The first-order chi connectivity index (χ1) is 9.28. The number of fused-ring (bicyclic) bond motifs is 1. The number of rotatable bonds is 3. The molecule has 0 unspecified atom stereocenters. The highest BCUT2D eigenvalue weighted by Crippen LogP contribution is 2.21. The van der Waals surface area contributed by atoms with Crippen molar-refractivity contribution >= 4 is 10.9 Å². The molecule has 2 heterocycles. The molecule has 100 valence electrons. The molecule has 3 rings (SSSR count). The van der Waals surface area contributed by atoms with Crippen LogP contribution < -0.4 is 15.6 Å². The molecule has 1 saturated heterocycles. The number of pyridine rings is 1. The quantitative estimate of drug-likeness (QED) is 0.909. The first-order valence-corrected chi connectivity index (χ1v) is 6.66. The number of nitrogens with one attached hydrogen (secondary N) is 1. The Balaban J connectivity index is 2.08. The largest absolute Gasteiger partial charge is 0.497 e. The fourth-order valence-electron chi connectivity index (χ4n) is 2.71. The lowest BCUT2D eigenvalue weighted by Gasteiger charge is -2.14. The topological polar surface area (TPSA) is 43.3 Å². The average Bonchev–Trinajstić information content (AvgIpc) is 2.94. The minimum Gasteiger partial charge on any atom is -0.497 e. The van der Waals surface area contributed by atoms with Crippen LogP contribution in [0.3, 0.4) is 0 Å². The van der Waals surface area contributed by atoms with E-state index in [-0.39, 0.29) is 5.56 Å². The molecule has 1 atom stereocenters. The van der Waals surface area contributed by atoms with Crippen LogP contribution >= 0.6 is 0 Å². The van der Waals surface area contributed by atoms with Gasteiger partial charge in [0.2, 0.25) is 0 Å². The van der Waals surface area contributed by atoms with Crippen LogP contribution in [-0.2, 0) is 6.54 Å². The van der Waals surface area contributed by atoms with Crippen LogP contribution in [0.25, 0.3) is 10.9 Å². The van der Waals surface area contributed by atoms with Crippen molar-refractivity contribution < 1.29 is 4.74 Å². The zero-order valence-corrected chi connectivity index (χ0v) is 11.1. The van der Waals surface area contributed by atoms with Crippen molar-refractivity contribution in [2.45, 2.75) is 13.0 Å². The van der Waals surface area contributed by atoms with Gasteiger partial charge in [0.25, 0.3) is 5.56 Å². The zero-order valence-electron chi connectivity index (χ0n) is 11.1. The molecule has 0 radical (unpaired) electrons. The minimum absolute atomic E-state index is 0.0626. The molecule has 1 fully saturated rings. The predicted octanol–water partition coefficient (Wildman–Crippen LogP) is 1.62. The molecule has 0 bridgehead atoms. The number of hydrogen-bond acceptors (Lipinski definition) is 3. The van der Waals surface area contributed by atoms with Crippen molar-refractivity contribution in [1.29, 1.82) is 0 Å². The summed E-state index contributed by atoms with van der Waals surface area (Å²) >= 11 is 0. The van der Waals surface area contributed by atoms with Crippen molar-refractivity contribution in [3.05, 3.63) is 40.7 Å². The lowest BCUT2D eigenvalue weighted by molar-refractivity contribution is 0.414. The maximum atomic E-state index is 12.1. The summed E-state index contributed by atoms with van der Waals surface area (Å²) in [5.41, 5.74) is 1.02. The summed E-state index contributed by atoms with van der Waals surface area (Å²) < 4.78 is 7.13. The van der Waals surface area contributed by atoms with Gasteiger partial charge in [0.1, 0.15) is 5.75 Å². The summed E-state index contributed by atoms with van der Waals surface area (Å²) in [5, 5.41) is 4.42. The Bertz CT molecular complexity index is 642. The Morgan fingerprint density at radius 3 is 2.95 bits per heavy atom. The SMILES string of the molecule is COc1ccc2ccc(=O)n(C[C@H]3CCNC3)c2c1. The van der Waals surface area contributed by atoms with Gasteiger partial charge >= 0.3 is 0 Å². The molecular weight excluding hydrogens is 240 g/mol. The molecule has 1 aromatic carbocycles. The second kappa shape index (κ2) is 5.05. The minimum atomic E-state index is 0.0626. The molecule has 19 heavy (non-hydrogen) atoms. The molecule has 1 aliphatic rings. The lowest BCUT2D eigenvalue weighted by Crippen LogP contribution is -2.24. The summed E-state index contributed by atoms with van der Waals surface area (Å²) in [6.07, 6.45) is 1.13. The maximum absolute atomic E-state index is 12.1. The van der Waals surface area contributed by atoms with Gasteiger partial charge in [-0.15, -0.1) is 0 Å². The maximum Gasteiger partial charge on any atom is 0.251 e. The van der Waals surface area contributed by atoms with E-state index >= 15 is 0 Å². The highest BCUT2D eigenvalue weighted by molar-refractivity contribution is 5.80. The molecule has 1 aromatic heterocycles. The van der Waals surface area contributed by atoms with E-state index in [0.717, 1.165) is 42.7 Å².